The standard InChI is InChI=1S/2C16H22N4S2/c2*1-3-17-11-13-19(15(17)21)9-7-5-6-8-10-20-14-12-18(4-2)16(20)22/h2*3-4,11-14H,1-2,5-10H2. The maximum Gasteiger partial charge on any atom is 0.183 e. The highest BCUT2D eigenvalue weighted by atomic mass is 32.1. The van der Waals surface area contributed by atoms with Gasteiger partial charge in [0.05, 0.1) is 0 Å². The lowest BCUT2D eigenvalue weighted by molar-refractivity contribution is 0.534. The number of hydrogen-bond donors (Lipinski definition) is 0. The van der Waals surface area contributed by atoms with Crippen molar-refractivity contribution in [2.75, 3.05) is 0 Å². The molecule has 0 bridgehead atoms. The third-order valence-corrected chi connectivity index (χ3v) is 9.16. The Morgan fingerprint density at radius 1 is 0.364 bits per heavy atom. The average molecular weight is 669 g/mol. The zero-order chi connectivity index (χ0) is 31.9. The van der Waals surface area contributed by atoms with Gasteiger partial charge in [-0.05, 0) is 74.6 Å². The first-order valence-corrected chi connectivity index (χ1v) is 16.6. The van der Waals surface area contributed by atoms with E-state index in [9.17, 15) is 0 Å². The van der Waals surface area contributed by atoms with E-state index in [1.807, 2.05) is 67.8 Å². The fourth-order valence-corrected chi connectivity index (χ4v) is 5.93. The summed E-state index contributed by atoms with van der Waals surface area (Å²) in [5.41, 5.74) is 0. The minimum Gasteiger partial charge on any atom is -0.323 e. The van der Waals surface area contributed by atoms with Crippen molar-refractivity contribution in [1.82, 2.24) is 36.5 Å². The molecule has 44 heavy (non-hydrogen) atoms. The fourth-order valence-electron chi connectivity index (χ4n) is 4.78. The number of rotatable bonds is 18. The van der Waals surface area contributed by atoms with E-state index >= 15 is 0 Å². The van der Waals surface area contributed by atoms with E-state index < -0.39 is 0 Å². The van der Waals surface area contributed by atoms with Crippen molar-refractivity contribution in [1.29, 1.82) is 0 Å². The van der Waals surface area contributed by atoms with Crippen molar-refractivity contribution in [3.8, 4) is 0 Å². The van der Waals surface area contributed by atoms with Crippen molar-refractivity contribution in [2.24, 2.45) is 0 Å². The van der Waals surface area contributed by atoms with Crippen LogP contribution in [0.5, 0.6) is 0 Å². The Kier molecular flexibility index (Phi) is 14.8. The first-order valence-electron chi connectivity index (χ1n) is 14.9. The summed E-state index contributed by atoms with van der Waals surface area (Å²) in [6.07, 6.45) is 32.1. The van der Waals surface area contributed by atoms with Gasteiger partial charge >= 0.3 is 0 Å². The first-order chi connectivity index (χ1) is 21.3. The molecule has 4 aromatic heterocycles. The molecule has 0 unspecified atom stereocenters. The van der Waals surface area contributed by atoms with Gasteiger partial charge in [-0.15, -0.1) is 0 Å². The van der Waals surface area contributed by atoms with Crippen LogP contribution in [0.4, 0.5) is 0 Å². The topological polar surface area (TPSA) is 39.4 Å². The van der Waals surface area contributed by atoms with Crippen molar-refractivity contribution < 1.29 is 0 Å². The van der Waals surface area contributed by atoms with Gasteiger partial charge in [0.25, 0.3) is 0 Å². The number of hydrogen-bond acceptors (Lipinski definition) is 4. The second-order valence-electron chi connectivity index (χ2n) is 10.3. The van der Waals surface area contributed by atoms with Gasteiger partial charge in [0, 0.05) is 101 Å². The van der Waals surface area contributed by atoms with Gasteiger partial charge in [-0.1, -0.05) is 52.0 Å². The first kappa shape index (κ1) is 35.2. The van der Waals surface area contributed by atoms with Crippen molar-refractivity contribution in [2.45, 2.75) is 77.5 Å². The summed E-state index contributed by atoms with van der Waals surface area (Å²) in [5.74, 6) is 0. The van der Waals surface area contributed by atoms with Gasteiger partial charge in [0.1, 0.15) is 0 Å². The molecular weight excluding hydrogens is 625 g/mol. The average Bonchev–Trinajstić information content (AvgIpc) is 3.79. The van der Waals surface area contributed by atoms with E-state index in [1.54, 1.807) is 24.8 Å². The van der Waals surface area contributed by atoms with Gasteiger partial charge < -0.3 is 18.3 Å². The minimum absolute atomic E-state index is 0.812. The molecule has 0 N–H and O–H groups in total. The Morgan fingerprint density at radius 2 is 0.568 bits per heavy atom. The molecule has 0 aromatic carbocycles. The van der Waals surface area contributed by atoms with Crippen LogP contribution < -0.4 is 0 Å². The van der Waals surface area contributed by atoms with Crippen LogP contribution in [-0.4, -0.2) is 36.5 Å². The molecule has 236 valence electrons. The Balaban J connectivity index is 0.000000240. The van der Waals surface area contributed by atoms with Gasteiger partial charge in [0.15, 0.2) is 19.1 Å². The molecule has 4 rings (SSSR count). The van der Waals surface area contributed by atoms with E-state index in [2.05, 4.69) is 44.6 Å². The Hall–Kier alpha value is -3.32. The lowest BCUT2D eigenvalue weighted by Crippen LogP contribution is -2.00. The third-order valence-electron chi connectivity index (χ3n) is 7.38. The van der Waals surface area contributed by atoms with E-state index in [1.165, 1.54) is 25.7 Å². The number of unbranched alkanes of at least 4 members (excludes halogenated alkanes) is 6. The van der Waals surface area contributed by atoms with Gasteiger partial charge in [0.2, 0.25) is 0 Å². The molecule has 0 aliphatic carbocycles. The predicted octanol–water partition coefficient (Wildman–Crippen LogP) is 9.63. The molecule has 0 fully saturated rings. The molecule has 0 atom stereocenters. The largest absolute Gasteiger partial charge is 0.323 e. The zero-order valence-corrected chi connectivity index (χ0v) is 28.7. The predicted molar refractivity (Wildman–Crippen MR) is 196 cm³/mol. The summed E-state index contributed by atoms with van der Waals surface area (Å²) in [5, 5.41) is 0. The summed E-state index contributed by atoms with van der Waals surface area (Å²) >= 11 is 21.4. The Bertz CT molecular complexity index is 1490. The monoisotopic (exact) mass is 668 g/mol. The van der Waals surface area contributed by atoms with Crippen LogP contribution in [0, 0.1) is 19.1 Å². The highest BCUT2D eigenvalue weighted by molar-refractivity contribution is 7.71. The SMILES string of the molecule is C=Cn1ccn(CCCCCCn2ccn(C=C)c2=S)c1=S.C=Cn1ccn(CCCCCCn2ccn(C=C)c2=S)c1=S. The van der Waals surface area contributed by atoms with Crippen LogP contribution in [0.1, 0.15) is 51.4 Å². The summed E-state index contributed by atoms with van der Waals surface area (Å²) in [7, 11) is 0. The van der Waals surface area contributed by atoms with E-state index in [0.717, 1.165) is 70.9 Å². The van der Waals surface area contributed by atoms with Crippen LogP contribution in [-0.2, 0) is 26.2 Å². The number of imidazole rings is 4. The fraction of sp³-hybridized carbons (Fsp3) is 0.375. The summed E-state index contributed by atoms with van der Waals surface area (Å²) < 4.78 is 19.1. The van der Waals surface area contributed by atoms with E-state index in [4.69, 9.17) is 48.9 Å². The molecule has 4 aromatic rings. The highest BCUT2D eigenvalue weighted by Crippen LogP contribution is 2.09. The molecule has 0 radical (unpaired) electrons. The third kappa shape index (κ3) is 9.85. The maximum atomic E-state index is 5.35. The smallest absolute Gasteiger partial charge is 0.183 e. The lowest BCUT2D eigenvalue weighted by atomic mass is 10.2. The normalized spacial score (nSPS) is 10.7. The molecule has 0 saturated heterocycles. The van der Waals surface area contributed by atoms with E-state index in [-0.39, 0.29) is 0 Å². The molecule has 0 aliphatic heterocycles. The second-order valence-corrected chi connectivity index (χ2v) is 11.7. The number of nitrogens with zero attached hydrogens (tertiary/aromatic N) is 8. The number of aromatic nitrogens is 8. The van der Waals surface area contributed by atoms with Crippen LogP contribution in [0.2, 0.25) is 0 Å². The molecule has 8 nitrogen and oxygen atoms in total. The van der Waals surface area contributed by atoms with Crippen molar-refractivity contribution >= 4 is 73.7 Å². The highest BCUT2D eigenvalue weighted by Gasteiger charge is 2.01. The minimum atomic E-state index is 0.812. The lowest BCUT2D eigenvalue weighted by Gasteiger charge is -2.04. The molecule has 0 amide bonds. The summed E-state index contributed by atoms with van der Waals surface area (Å²) in [6.45, 7) is 18.8. The molecular formula is C32H44N8S4. The molecule has 0 saturated carbocycles. The van der Waals surface area contributed by atoms with Crippen LogP contribution in [0.3, 0.4) is 0 Å². The van der Waals surface area contributed by atoms with Gasteiger partial charge in [-0.3, -0.25) is 18.3 Å². The maximum absolute atomic E-state index is 5.35. The molecule has 0 spiro atoms. The van der Waals surface area contributed by atoms with Crippen LogP contribution in [0.15, 0.2) is 75.9 Å². The van der Waals surface area contributed by atoms with Crippen molar-refractivity contribution in [3.05, 3.63) is 95.0 Å². The molecule has 4 heterocycles. The Morgan fingerprint density at radius 3 is 0.727 bits per heavy atom. The van der Waals surface area contributed by atoms with E-state index in [0.29, 0.717) is 0 Å². The van der Waals surface area contributed by atoms with Crippen LogP contribution in [0.25, 0.3) is 24.8 Å². The molecule has 12 heteroatoms. The summed E-state index contributed by atoms with van der Waals surface area (Å²) in [4.78, 5) is 0. The van der Waals surface area contributed by atoms with Gasteiger partial charge in [-0.25, -0.2) is 0 Å². The quantitative estimate of drug-likeness (QED) is 0.0782. The second kappa shape index (κ2) is 18.5. The number of aryl methyl sites for hydroxylation is 4. The van der Waals surface area contributed by atoms with Crippen LogP contribution >= 0.6 is 48.9 Å². The summed E-state index contributed by atoms with van der Waals surface area (Å²) in [6, 6.07) is 0. The zero-order valence-electron chi connectivity index (χ0n) is 25.5. The Labute approximate surface area is 281 Å². The van der Waals surface area contributed by atoms with Gasteiger partial charge in [-0.2, -0.15) is 0 Å². The molecule has 0 aliphatic rings. The van der Waals surface area contributed by atoms with Crippen molar-refractivity contribution in [3.63, 3.8) is 0 Å².